The molecule has 0 aromatic heterocycles. The molecule has 94 valence electrons. The van der Waals surface area contributed by atoms with E-state index in [0.717, 1.165) is 12.4 Å². The van der Waals surface area contributed by atoms with E-state index in [1.54, 1.807) is 12.1 Å². The summed E-state index contributed by atoms with van der Waals surface area (Å²) in [6, 6.07) is 3.32. The number of hydrogen-bond donors (Lipinski definition) is 4. The molecule has 0 aromatic rings. The van der Waals surface area contributed by atoms with Crippen molar-refractivity contribution in [3.8, 4) is 12.1 Å². The summed E-state index contributed by atoms with van der Waals surface area (Å²) in [4.78, 5) is 23.2. The summed E-state index contributed by atoms with van der Waals surface area (Å²) in [7, 11) is 0. The number of nitriles is 2. The van der Waals surface area contributed by atoms with Gasteiger partial charge < -0.3 is 15.7 Å². The SMILES string of the molecule is N#CC1=C(C#N)NC2(C=NNC=C2C(=O)O)C(=O)N1. The standard InChI is InChI=1S/C10H6N6O3/c11-1-6-7(2-12)16-10(9(19)15-6)4-14-13-3-5(10)8(17)18/h3-4,13,16H,(H,15,19)(H,17,18). The van der Waals surface area contributed by atoms with E-state index in [9.17, 15) is 9.59 Å². The largest absolute Gasteiger partial charge is 0.478 e. The van der Waals surface area contributed by atoms with Gasteiger partial charge in [-0.3, -0.25) is 10.2 Å². The van der Waals surface area contributed by atoms with Crippen LogP contribution in [0.3, 0.4) is 0 Å². The number of carbonyl (C=O) groups excluding carboxylic acids is 1. The van der Waals surface area contributed by atoms with E-state index in [1.807, 2.05) is 0 Å². The molecule has 0 aromatic carbocycles. The molecular formula is C10H6N6O3. The molecule has 0 saturated carbocycles. The van der Waals surface area contributed by atoms with E-state index in [2.05, 4.69) is 21.2 Å². The van der Waals surface area contributed by atoms with Crippen LogP contribution in [0.1, 0.15) is 0 Å². The van der Waals surface area contributed by atoms with E-state index in [0.29, 0.717) is 0 Å². The topological polar surface area (TPSA) is 150 Å². The van der Waals surface area contributed by atoms with Crippen LogP contribution in [-0.4, -0.2) is 28.7 Å². The van der Waals surface area contributed by atoms with Crippen LogP contribution in [0.4, 0.5) is 0 Å². The molecule has 1 unspecified atom stereocenters. The lowest BCUT2D eigenvalue weighted by atomic mass is 9.87. The van der Waals surface area contributed by atoms with Gasteiger partial charge in [-0.2, -0.15) is 15.6 Å². The van der Waals surface area contributed by atoms with Crippen LogP contribution >= 0.6 is 0 Å². The first-order chi connectivity index (χ1) is 9.05. The first-order valence-electron chi connectivity index (χ1n) is 4.93. The van der Waals surface area contributed by atoms with Crippen molar-refractivity contribution < 1.29 is 14.7 Å². The number of nitrogens with one attached hydrogen (secondary N) is 3. The molecule has 4 N–H and O–H groups in total. The number of carboxylic acid groups (broad SMARTS) is 1. The van der Waals surface area contributed by atoms with E-state index < -0.39 is 17.4 Å². The number of carbonyl (C=O) groups is 2. The van der Waals surface area contributed by atoms with Gasteiger partial charge in [0, 0.05) is 6.20 Å². The molecule has 0 bridgehead atoms. The van der Waals surface area contributed by atoms with Crippen molar-refractivity contribution in [3.63, 3.8) is 0 Å². The highest BCUT2D eigenvalue weighted by Gasteiger charge is 2.49. The minimum atomic E-state index is -1.82. The number of hydrogen-bond acceptors (Lipinski definition) is 7. The Balaban J connectivity index is 2.57. The second-order valence-electron chi connectivity index (χ2n) is 3.61. The molecule has 2 rings (SSSR count). The van der Waals surface area contributed by atoms with Crippen LogP contribution in [0.2, 0.25) is 0 Å². The smallest absolute Gasteiger partial charge is 0.336 e. The van der Waals surface area contributed by atoms with E-state index in [4.69, 9.17) is 15.6 Å². The minimum Gasteiger partial charge on any atom is -0.478 e. The van der Waals surface area contributed by atoms with Crippen LogP contribution in [0.15, 0.2) is 28.3 Å². The molecule has 2 heterocycles. The Bertz CT molecular complexity index is 647. The van der Waals surface area contributed by atoms with Crippen LogP contribution < -0.4 is 16.1 Å². The summed E-state index contributed by atoms with van der Waals surface area (Å²) >= 11 is 0. The number of hydrazone groups is 1. The number of amides is 1. The van der Waals surface area contributed by atoms with Crippen molar-refractivity contribution in [1.82, 2.24) is 16.1 Å². The van der Waals surface area contributed by atoms with Crippen molar-refractivity contribution in [2.45, 2.75) is 5.54 Å². The maximum Gasteiger partial charge on any atom is 0.336 e. The summed E-state index contributed by atoms with van der Waals surface area (Å²) < 4.78 is 0. The van der Waals surface area contributed by atoms with Gasteiger partial charge in [-0.1, -0.05) is 0 Å². The summed E-state index contributed by atoms with van der Waals surface area (Å²) in [5.41, 5.74) is -0.353. The third-order valence-electron chi connectivity index (χ3n) is 2.59. The Morgan fingerprint density at radius 3 is 2.63 bits per heavy atom. The van der Waals surface area contributed by atoms with Gasteiger partial charge in [0.15, 0.2) is 11.2 Å². The van der Waals surface area contributed by atoms with Gasteiger partial charge in [0.2, 0.25) is 0 Å². The van der Waals surface area contributed by atoms with Crippen molar-refractivity contribution in [2.75, 3.05) is 0 Å². The second kappa shape index (κ2) is 4.16. The van der Waals surface area contributed by atoms with Crippen molar-refractivity contribution >= 4 is 18.1 Å². The lowest BCUT2D eigenvalue weighted by molar-refractivity contribution is -0.135. The Morgan fingerprint density at radius 1 is 1.37 bits per heavy atom. The van der Waals surface area contributed by atoms with E-state index in [-0.39, 0.29) is 17.0 Å². The number of carboxylic acids is 1. The highest BCUT2D eigenvalue weighted by Crippen LogP contribution is 2.23. The van der Waals surface area contributed by atoms with Crippen LogP contribution in [0, 0.1) is 22.7 Å². The Morgan fingerprint density at radius 2 is 2.05 bits per heavy atom. The third-order valence-corrected chi connectivity index (χ3v) is 2.59. The predicted molar refractivity (Wildman–Crippen MR) is 59.6 cm³/mol. The van der Waals surface area contributed by atoms with Gasteiger partial charge in [-0.25, -0.2) is 4.79 Å². The van der Waals surface area contributed by atoms with Gasteiger partial charge >= 0.3 is 5.97 Å². The van der Waals surface area contributed by atoms with Crippen molar-refractivity contribution in [3.05, 3.63) is 23.2 Å². The lowest BCUT2D eigenvalue weighted by Gasteiger charge is -2.35. The number of rotatable bonds is 1. The molecule has 0 fully saturated rings. The van der Waals surface area contributed by atoms with Crippen molar-refractivity contribution in [2.24, 2.45) is 5.10 Å². The normalized spacial score (nSPS) is 24.5. The maximum absolute atomic E-state index is 12.0. The molecule has 9 heteroatoms. The summed E-state index contributed by atoms with van der Waals surface area (Å²) in [6.07, 6.45) is 2.05. The van der Waals surface area contributed by atoms with Gasteiger partial charge in [0.05, 0.1) is 11.8 Å². The zero-order valence-electron chi connectivity index (χ0n) is 9.26. The molecule has 2 aliphatic rings. The number of nitrogens with zero attached hydrogens (tertiary/aromatic N) is 3. The van der Waals surface area contributed by atoms with Crippen LogP contribution in [0.5, 0.6) is 0 Å². The third kappa shape index (κ3) is 1.66. The van der Waals surface area contributed by atoms with Gasteiger partial charge in [-0.15, -0.1) is 0 Å². The van der Waals surface area contributed by atoms with Crippen LogP contribution in [-0.2, 0) is 9.59 Å². The Labute approximate surface area is 106 Å². The summed E-state index contributed by atoms with van der Waals surface area (Å²) in [5.74, 6) is -2.17. The number of allylic oxidation sites excluding steroid dienone is 2. The van der Waals surface area contributed by atoms with Gasteiger partial charge in [-0.05, 0) is 0 Å². The monoisotopic (exact) mass is 258 g/mol. The average molecular weight is 258 g/mol. The van der Waals surface area contributed by atoms with Gasteiger partial charge in [0.25, 0.3) is 5.91 Å². The van der Waals surface area contributed by atoms with E-state index in [1.165, 1.54) is 0 Å². The first kappa shape index (κ1) is 12.1. The molecule has 0 aliphatic carbocycles. The lowest BCUT2D eigenvalue weighted by Crippen LogP contribution is -2.64. The fourth-order valence-corrected chi connectivity index (χ4v) is 1.69. The summed E-state index contributed by atoms with van der Waals surface area (Å²) in [5, 5.41) is 35.0. The second-order valence-corrected chi connectivity index (χ2v) is 3.61. The Hall–Kier alpha value is -3.33. The van der Waals surface area contributed by atoms with Crippen molar-refractivity contribution in [1.29, 1.82) is 10.5 Å². The molecule has 0 radical (unpaired) electrons. The van der Waals surface area contributed by atoms with E-state index >= 15 is 0 Å². The average Bonchev–Trinajstić information content (AvgIpc) is 2.41. The molecule has 1 atom stereocenters. The summed E-state index contributed by atoms with van der Waals surface area (Å²) in [6.45, 7) is 0. The van der Waals surface area contributed by atoms with Gasteiger partial charge in [0.1, 0.15) is 17.8 Å². The molecule has 19 heavy (non-hydrogen) atoms. The Kier molecular flexibility index (Phi) is 2.66. The molecule has 2 aliphatic heterocycles. The van der Waals surface area contributed by atoms with Crippen LogP contribution in [0.25, 0.3) is 0 Å². The molecular weight excluding hydrogens is 252 g/mol. The molecule has 1 spiro atoms. The number of aliphatic carboxylic acids is 1. The molecule has 9 nitrogen and oxygen atoms in total. The minimum absolute atomic E-state index is 0.234. The zero-order valence-corrected chi connectivity index (χ0v) is 9.26. The quantitative estimate of drug-likeness (QED) is 0.435. The molecule has 0 saturated heterocycles. The highest BCUT2D eigenvalue weighted by atomic mass is 16.4. The fourth-order valence-electron chi connectivity index (χ4n) is 1.69. The maximum atomic E-state index is 12.0. The molecule has 1 amide bonds. The zero-order chi connectivity index (χ0) is 14.0. The predicted octanol–water partition coefficient (Wildman–Crippen LogP) is -1.74. The first-order valence-corrected chi connectivity index (χ1v) is 4.93. The fraction of sp³-hybridized carbons (Fsp3) is 0.100. The highest BCUT2D eigenvalue weighted by molar-refractivity contribution is 6.16.